The van der Waals surface area contributed by atoms with Crippen molar-refractivity contribution in [2.24, 2.45) is 0 Å². The summed E-state index contributed by atoms with van der Waals surface area (Å²) in [6.45, 7) is 3.39. The zero-order chi connectivity index (χ0) is 18.8. The molecule has 3 aromatic rings. The van der Waals surface area contributed by atoms with Crippen LogP contribution in [0.4, 0.5) is 0 Å². The number of rotatable bonds is 5. The Hall–Kier alpha value is -1.82. The van der Waals surface area contributed by atoms with Crippen LogP contribution in [0.15, 0.2) is 52.4 Å². The van der Waals surface area contributed by atoms with E-state index >= 15 is 0 Å². The van der Waals surface area contributed by atoms with Crippen molar-refractivity contribution < 1.29 is 4.74 Å². The van der Waals surface area contributed by atoms with Gasteiger partial charge in [0.05, 0.1) is 23.6 Å². The fourth-order valence-corrected chi connectivity index (χ4v) is 4.50. The third kappa shape index (κ3) is 4.21. The largest absolute Gasteiger partial charge is 0.376 e. The van der Waals surface area contributed by atoms with Gasteiger partial charge in [-0.3, -0.25) is 9.36 Å². The first-order valence-electron chi connectivity index (χ1n) is 9.10. The maximum absolute atomic E-state index is 13.1. The summed E-state index contributed by atoms with van der Waals surface area (Å²) in [5.74, 6) is 0.756. The van der Waals surface area contributed by atoms with Crippen LogP contribution in [0.3, 0.4) is 0 Å². The number of aryl methyl sites for hydroxylation is 1. The predicted molar refractivity (Wildman–Crippen MR) is 111 cm³/mol. The van der Waals surface area contributed by atoms with Crippen LogP contribution in [0, 0.1) is 6.92 Å². The van der Waals surface area contributed by atoms with Crippen molar-refractivity contribution in [3.05, 3.63) is 69.0 Å². The van der Waals surface area contributed by atoms with E-state index < -0.39 is 0 Å². The second-order valence-corrected chi connectivity index (χ2v) is 8.26. The van der Waals surface area contributed by atoms with E-state index in [0.29, 0.717) is 27.6 Å². The van der Waals surface area contributed by atoms with Crippen molar-refractivity contribution in [2.45, 2.75) is 43.3 Å². The molecular weight excluding hydrogens is 380 g/mol. The van der Waals surface area contributed by atoms with Crippen molar-refractivity contribution in [2.75, 3.05) is 6.61 Å². The Labute approximate surface area is 167 Å². The summed E-state index contributed by atoms with van der Waals surface area (Å²) in [6, 6.07) is 13.6. The average Bonchev–Trinajstić information content (AvgIpc) is 3.16. The molecule has 6 heteroatoms. The van der Waals surface area contributed by atoms with E-state index in [1.165, 1.54) is 11.1 Å². The fraction of sp³-hybridized carbons (Fsp3) is 0.333. The smallest absolute Gasteiger partial charge is 0.262 e. The number of hydrogen-bond acceptors (Lipinski definition) is 4. The molecule has 0 radical (unpaired) electrons. The molecule has 140 valence electrons. The van der Waals surface area contributed by atoms with Gasteiger partial charge in [0, 0.05) is 17.4 Å². The van der Waals surface area contributed by atoms with E-state index in [2.05, 4.69) is 31.2 Å². The van der Waals surface area contributed by atoms with Crippen LogP contribution >= 0.6 is 23.4 Å². The molecule has 4 rings (SSSR count). The van der Waals surface area contributed by atoms with Gasteiger partial charge in [-0.25, -0.2) is 4.98 Å². The molecule has 0 unspecified atom stereocenters. The number of benzene rings is 2. The third-order valence-corrected chi connectivity index (χ3v) is 6.03. The molecule has 0 amide bonds. The van der Waals surface area contributed by atoms with Gasteiger partial charge in [0.1, 0.15) is 0 Å². The van der Waals surface area contributed by atoms with Crippen molar-refractivity contribution >= 4 is 34.3 Å². The number of halogens is 1. The highest BCUT2D eigenvalue weighted by molar-refractivity contribution is 7.98. The Bertz CT molecular complexity index is 1030. The minimum absolute atomic E-state index is 0.0288. The van der Waals surface area contributed by atoms with E-state index in [-0.39, 0.29) is 11.7 Å². The minimum atomic E-state index is -0.0288. The van der Waals surface area contributed by atoms with Crippen LogP contribution in [0.25, 0.3) is 10.9 Å². The maximum Gasteiger partial charge on any atom is 0.262 e. The van der Waals surface area contributed by atoms with E-state index in [9.17, 15) is 4.79 Å². The van der Waals surface area contributed by atoms with Crippen LogP contribution in [0.5, 0.6) is 0 Å². The van der Waals surface area contributed by atoms with E-state index in [1.54, 1.807) is 34.5 Å². The molecule has 0 saturated carbocycles. The lowest BCUT2D eigenvalue weighted by Crippen LogP contribution is -2.28. The Morgan fingerprint density at radius 3 is 2.96 bits per heavy atom. The molecule has 1 aliphatic heterocycles. The lowest BCUT2D eigenvalue weighted by atomic mass is 10.2. The highest BCUT2D eigenvalue weighted by Crippen LogP contribution is 2.25. The summed E-state index contributed by atoms with van der Waals surface area (Å²) >= 11 is 7.70. The molecule has 2 aromatic carbocycles. The van der Waals surface area contributed by atoms with Gasteiger partial charge in [-0.15, -0.1) is 0 Å². The number of ether oxygens (including phenoxy) is 1. The van der Waals surface area contributed by atoms with E-state index in [0.717, 1.165) is 25.2 Å². The SMILES string of the molecule is Cc1cccc(CSc2nc3cc(Cl)ccc3c(=O)n2C[C@H]2CCCO2)c1. The Kier molecular flexibility index (Phi) is 5.53. The van der Waals surface area contributed by atoms with Gasteiger partial charge < -0.3 is 4.74 Å². The molecule has 2 heterocycles. The van der Waals surface area contributed by atoms with Gasteiger partial charge in [-0.05, 0) is 43.5 Å². The first kappa shape index (κ1) is 18.5. The lowest BCUT2D eigenvalue weighted by Gasteiger charge is -2.16. The number of nitrogens with zero attached hydrogens (tertiary/aromatic N) is 2. The number of thioether (sulfide) groups is 1. The van der Waals surface area contributed by atoms with Gasteiger partial charge in [0.25, 0.3) is 5.56 Å². The summed E-state index contributed by atoms with van der Waals surface area (Å²) < 4.78 is 7.53. The normalized spacial score (nSPS) is 16.9. The summed E-state index contributed by atoms with van der Waals surface area (Å²) in [7, 11) is 0. The first-order chi connectivity index (χ1) is 13.1. The van der Waals surface area contributed by atoms with E-state index in [1.807, 2.05) is 0 Å². The summed E-state index contributed by atoms with van der Waals surface area (Å²) in [5, 5.41) is 1.89. The molecule has 1 saturated heterocycles. The molecule has 0 bridgehead atoms. The van der Waals surface area contributed by atoms with E-state index in [4.69, 9.17) is 21.3 Å². The minimum Gasteiger partial charge on any atom is -0.376 e. The van der Waals surface area contributed by atoms with Gasteiger partial charge in [0.15, 0.2) is 5.16 Å². The molecule has 0 spiro atoms. The first-order valence-corrected chi connectivity index (χ1v) is 10.5. The summed E-state index contributed by atoms with van der Waals surface area (Å²) in [4.78, 5) is 17.9. The molecule has 1 aromatic heterocycles. The van der Waals surface area contributed by atoms with Crippen LogP contribution < -0.4 is 5.56 Å². The van der Waals surface area contributed by atoms with Crippen LogP contribution in [0.1, 0.15) is 24.0 Å². The average molecular weight is 401 g/mol. The third-order valence-electron chi connectivity index (χ3n) is 4.74. The topological polar surface area (TPSA) is 44.1 Å². The lowest BCUT2D eigenvalue weighted by molar-refractivity contribution is 0.0937. The molecule has 0 N–H and O–H groups in total. The molecular formula is C21H21ClN2O2S. The molecule has 0 aliphatic carbocycles. The molecule has 1 atom stereocenters. The van der Waals surface area contributed by atoms with Crippen molar-refractivity contribution in [3.8, 4) is 0 Å². The highest BCUT2D eigenvalue weighted by atomic mass is 35.5. The van der Waals surface area contributed by atoms with Crippen LogP contribution in [0.2, 0.25) is 5.02 Å². The van der Waals surface area contributed by atoms with Crippen LogP contribution in [-0.2, 0) is 17.0 Å². The standard InChI is InChI=1S/C21H21ClN2O2S/c1-14-4-2-5-15(10-14)13-27-21-23-19-11-16(22)7-8-18(19)20(25)24(21)12-17-6-3-9-26-17/h2,4-5,7-8,10-11,17H,3,6,9,12-13H2,1H3/t17-/m1/s1. The van der Waals surface area contributed by atoms with Gasteiger partial charge >= 0.3 is 0 Å². The molecule has 27 heavy (non-hydrogen) atoms. The number of hydrogen-bond donors (Lipinski definition) is 0. The zero-order valence-corrected chi connectivity index (χ0v) is 16.7. The summed E-state index contributed by atoms with van der Waals surface area (Å²) in [6.07, 6.45) is 2.10. The van der Waals surface area contributed by atoms with Gasteiger partial charge in [-0.2, -0.15) is 0 Å². The maximum atomic E-state index is 13.1. The Balaban J connectivity index is 1.72. The second kappa shape index (κ2) is 8.05. The van der Waals surface area contributed by atoms with Gasteiger partial charge in [0.2, 0.25) is 0 Å². The number of aromatic nitrogens is 2. The van der Waals surface area contributed by atoms with Crippen molar-refractivity contribution in [3.63, 3.8) is 0 Å². The predicted octanol–water partition coefficient (Wildman–Crippen LogP) is 4.83. The quantitative estimate of drug-likeness (QED) is 0.454. The fourth-order valence-electron chi connectivity index (χ4n) is 3.39. The Morgan fingerprint density at radius 2 is 2.19 bits per heavy atom. The monoisotopic (exact) mass is 400 g/mol. The molecule has 1 aliphatic rings. The molecule has 1 fully saturated rings. The number of fused-ring (bicyclic) bond motifs is 1. The van der Waals surface area contributed by atoms with Crippen molar-refractivity contribution in [1.29, 1.82) is 0 Å². The van der Waals surface area contributed by atoms with Gasteiger partial charge in [-0.1, -0.05) is 53.2 Å². The second-order valence-electron chi connectivity index (χ2n) is 6.88. The Morgan fingerprint density at radius 1 is 1.30 bits per heavy atom. The molecule has 4 nitrogen and oxygen atoms in total. The summed E-state index contributed by atoms with van der Waals surface area (Å²) in [5.41, 5.74) is 3.05. The zero-order valence-electron chi connectivity index (χ0n) is 15.2. The van der Waals surface area contributed by atoms with Crippen LogP contribution in [-0.4, -0.2) is 22.3 Å². The van der Waals surface area contributed by atoms with Crippen molar-refractivity contribution in [1.82, 2.24) is 9.55 Å². The highest BCUT2D eigenvalue weighted by Gasteiger charge is 2.20.